The third kappa shape index (κ3) is 4.63. The highest BCUT2D eigenvalue weighted by Crippen LogP contribution is 2.23. The minimum absolute atomic E-state index is 0.164. The highest BCUT2D eigenvalue weighted by atomic mass is 15.2. The van der Waals surface area contributed by atoms with Crippen LogP contribution in [0.1, 0.15) is 45.7 Å². The van der Waals surface area contributed by atoms with Gasteiger partial charge in [-0.1, -0.05) is 45.0 Å². The number of nitrogens with zero attached hydrogens (tertiary/aromatic N) is 1. The lowest BCUT2D eigenvalue weighted by Crippen LogP contribution is -2.47. The largest absolute Gasteiger partial charge is 0.318 e. The van der Waals surface area contributed by atoms with Crippen molar-refractivity contribution < 1.29 is 0 Å². The van der Waals surface area contributed by atoms with Crippen LogP contribution >= 0.6 is 0 Å². The van der Waals surface area contributed by atoms with E-state index in [0.717, 1.165) is 13.1 Å². The molecule has 19 heavy (non-hydrogen) atoms. The molecular formula is C17H30N2. The van der Waals surface area contributed by atoms with Crippen LogP contribution in [-0.2, 0) is 12.0 Å². The van der Waals surface area contributed by atoms with E-state index in [1.807, 2.05) is 7.05 Å². The molecule has 0 heterocycles. The van der Waals surface area contributed by atoms with Crippen LogP contribution in [0.2, 0.25) is 0 Å². The Balaban J connectivity index is 2.73. The average Bonchev–Trinajstić information content (AvgIpc) is 2.28. The van der Waals surface area contributed by atoms with E-state index in [1.54, 1.807) is 0 Å². The Morgan fingerprint density at radius 2 is 1.53 bits per heavy atom. The lowest BCUT2D eigenvalue weighted by molar-refractivity contribution is 0.147. The molecule has 1 aromatic carbocycles. The normalized spacial score (nSPS) is 13.1. The van der Waals surface area contributed by atoms with E-state index in [0.29, 0.717) is 0 Å². The van der Waals surface area contributed by atoms with Crippen molar-refractivity contribution in [2.75, 3.05) is 20.6 Å². The van der Waals surface area contributed by atoms with Crippen molar-refractivity contribution in [1.29, 1.82) is 0 Å². The number of likely N-dealkylation sites (N-methyl/N-ethyl adjacent to an activating group) is 2. The summed E-state index contributed by atoms with van der Waals surface area (Å²) >= 11 is 0. The smallest absolute Gasteiger partial charge is 0.0278 e. The molecule has 0 aliphatic carbocycles. The van der Waals surface area contributed by atoms with Gasteiger partial charge in [-0.2, -0.15) is 0 Å². The van der Waals surface area contributed by atoms with Crippen LogP contribution in [-0.4, -0.2) is 31.1 Å². The molecule has 1 rings (SSSR count). The second-order valence-electron chi connectivity index (χ2n) is 7.15. The Kier molecular flexibility index (Phi) is 5.17. The minimum Gasteiger partial charge on any atom is -0.318 e. The fourth-order valence-electron chi connectivity index (χ4n) is 2.17. The molecule has 108 valence electrons. The molecule has 0 saturated heterocycles. The number of benzene rings is 1. The van der Waals surface area contributed by atoms with E-state index in [2.05, 4.69) is 76.1 Å². The first-order chi connectivity index (χ1) is 8.66. The minimum atomic E-state index is 0.164. The molecule has 2 heteroatoms. The third-order valence-corrected chi connectivity index (χ3v) is 3.88. The first-order valence-corrected chi connectivity index (χ1v) is 7.12. The van der Waals surface area contributed by atoms with Gasteiger partial charge in [0.05, 0.1) is 0 Å². The van der Waals surface area contributed by atoms with E-state index in [-0.39, 0.29) is 11.0 Å². The second-order valence-corrected chi connectivity index (χ2v) is 7.15. The molecule has 0 aromatic heterocycles. The van der Waals surface area contributed by atoms with Crippen LogP contribution in [0.5, 0.6) is 0 Å². The van der Waals surface area contributed by atoms with Gasteiger partial charge in [-0.25, -0.2) is 0 Å². The monoisotopic (exact) mass is 262 g/mol. The van der Waals surface area contributed by atoms with Crippen molar-refractivity contribution in [3.63, 3.8) is 0 Å². The maximum Gasteiger partial charge on any atom is 0.0278 e. The summed E-state index contributed by atoms with van der Waals surface area (Å²) in [6.07, 6.45) is 0. The van der Waals surface area contributed by atoms with Crippen molar-refractivity contribution in [3.05, 3.63) is 35.4 Å². The summed E-state index contributed by atoms with van der Waals surface area (Å²) in [5.41, 5.74) is 3.17. The van der Waals surface area contributed by atoms with E-state index in [9.17, 15) is 0 Å². The lowest BCUT2D eigenvalue weighted by Gasteiger charge is -2.35. The Morgan fingerprint density at radius 3 is 1.95 bits per heavy atom. The highest BCUT2D eigenvalue weighted by Gasteiger charge is 2.22. The Hall–Kier alpha value is -0.860. The van der Waals surface area contributed by atoms with Gasteiger partial charge in [0.1, 0.15) is 0 Å². The summed E-state index contributed by atoms with van der Waals surface area (Å²) in [4.78, 5) is 2.40. The maximum atomic E-state index is 3.26. The number of hydrogen-bond acceptors (Lipinski definition) is 2. The zero-order valence-electron chi connectivity index (χ0n) is 13.7. The first kappa shape index (κ1) is 16.2. The van der Waals surface area contributed by atoms with Crippen LogP contribution in [0.25, 0.3) is 0 Å². The molecule has 0 radical (unpaired) electrons. The molecule has 0 aliphatic heterocycles. The fourth-order valence-corrected chi connectivity index (χ4v) is 2.17. The molecule has 0 spiro atoms. The van der Waals surface area contributed by atoms with E-state index in [1.165, 1.54) is 11.1 Å². The summed E-state index contributed by atoms with van der Waals surface area (Å²) in [6, 6.07) is 9.03. The Bertz CT molecular complexity index is 385. The van der Waals surface area contributed by atoms with E-state index in [4.69, 9.17) is 0 Å². The molecule has 0 aliphatic rings. The SMILES string of the molecule is CNCC(C)(C)N(C)Cc1ccc(C(C)(C)C)cc1. The lowest BCUT2D eigenvalue weighted by atomic mass is 9.86. The zero-order valence-corrected chi connectivity index (χ0v) is 13.7. The van der Waals surface area contributed by atoms with Gasteiger partial charge in [0.15, 0.2) is 0 Å². The first-order valence-electron chi connectivity index (χ1n) is 7.12. The third-order valence-electron chi connectivity index (χ3n) is 3.88. The zero-order chi connectivity index (χ0) is 14.7. The Labute approximate surface area is 119 Å². The predicted octanol–water partition coefficient (Wildman–Crippen LogP) is 3.41. The van der Waals surface area contributed by atoms with Crippen molar-refractivity contribution in [2.24, 2.45) is 0 Å². The van der Waals surface area contributed by atoms with Crippen LogP contribution in [0.3, 0.4) is 0 Å². The molecule has 0 amide bonds. The van der Waals surface area contributed by atoms with E-state index >= 15 is 0 Å². The summed E-state index contributed by atoms with van der Waals surface area (Å²) in [6.45, 7) is 13.3. The molecule has 0 unspecified atom stereocenters. The van der Waals surface area contributed by atoms with Crippen molar-refractivity contribution in [1.82, 2.24) is 10.2 Å². The average molecular weight is 262 g/mol. The van der Waals surface area contributed by atoms with Gasteiger partial charge < -0.3 is 5.32 Å². The van der Waals surface area contributed by atoms with E-state index < -0.39 is 0 Å². The molecule has 0 atom stereocenters. The quantitative estimate of drug-likeness (QED) is 0.875. The van der Waals surface area contributed by atoms with Gasteiger partial charge in [-0.3, -0.25) is 4.90 Å². The Morgan fingerprint density at radius 1 is 1.00 bits per heavy atom. The number of nitrogens with one attached hydrogen (secondary N) is 1. The summed E-state index contributed by atoms with van der Waals surface area (Å²) in [7, 11) is 4.20. The summed E-state index contributed by atoms with van der Waals surface area (Å²) in [5.74, 6) is 0. The van der Waals surface area contributed by atoms with Gasteiger partial charge >= 0.3 is 0 Å². The second kappa shape index (κ2) is 6.06. The van der Waals surface area contributed by atoms with Gasteiger partial charge in [0, 0.05) is 18.6 Å². The highest BCUT2D eigenvalue weighted by molar-refractivity contribution is 5.27. The molecule has 2 nitrogen and oxygen atoms in total. The predicted molar refractivity (Wildman–Crippen MR) is 84.6 cm³/mol. The number of hydrogen-bond donors (Lipinski definition) is 1. The molecular weight excluding hydrogens is 232 g/mol. The fraction of sp³-hybridized carbons (Fsp3) is 0.647. The molecule has 0 fully saturated rings. The van der Waals surface area contributed by atoms with Gasteiger partial charge in [0.2, 0.25) is 0 Å². The molecule has 0 saturated carbocycles. The topological polar surface area (TPSA) is 15.3 Å². The van der Waals surface area contributed by atoms with Crippen LogP contribution in [0.4, 0.5) is 0 Å². The summed E-state index contributed by atoms with van der Waals surface area (Å²) in [5, 5.41) is 3.26. The maximum absolute atomic E-state index is 3.26. The van der Waals surface area contributed by atoms with Crippen molar-refractivity contribution in [2.45, 2.75) is 52.1 Å². The summed E-state index contributed by atoms with van der Waals surface area (Å²) < 4.78 is 0. The van der Waals surface area contributed by atoms with Gasteiger partial charge in [-0.15, -0.1) is 0 Å². The van der Waals surface area contributed by atoms with Crippen LogP contribution < -0.4 is 5.32 Å². The standard InChI is InChI=1S/C17H30N2/c1-16(2,3)15-10-8-14(9-11-15)12-19(7)17(4,5)13-18-6/h8-11,18H,12-13H2,1-7H3. The van der Waals surface area contributed by atoms with Crippen molar-refractivity contribution >= 4 is 0 Å². The molecule has 0 bridgehead atoms. The molecule has 1 N–H and O–H groups in total. The van der Waals surface area contributed by atoms with Gasteiger partial charge in [0.25, 0.3) is 0 Å². The van der Waals surface area contributed by atoms with Crippen LogP contribution in [0, 0.1) is 0 Å². The van der Waals surface area contributed by atoms with Crippen LogP contribution in [0.15, 0.2) is 24.3 Å². The van der Waals surface area contributed by atoms with Crippen molar-refractivity contribution in [3.8, 4) is 0 Å². The number of rotatable bonds is 5. The molecule has 1 aromatic rings. The van der Waals surface area contributed by atoms with Gasteiger partial charge in [-0.05, 0) is 44.5 Å².